The number of urea groups is 1. The third-order valence-electron chi connectivity index (χ3n) is 5.37. The number of hydrogen-bond acceptors (Lipinski definition) is 3. The van der Waals surface area contributed by atoms with Crippen LogP contribution in [-0.2, 0) is 11.3 Å². The van der Waals surface area contributed by atoms with Crippen LogP contribution in [0.2, 0.25) is 5.02 Å². The lowest BCUT2D eigenvalue weighted by Gasteiger charge is -2.31. The van der Waals surface area contributed by atoms with Crippen molar-refractivity contribution in [2.24, 2.45) is 5.92 Å². The Balaban J connectivity index is 1.23. The van der Waals surface area contributed by atoms with E-state index in [4.69, 9.17) is 11.6 Å². The molecule has 1 aliphatic heterocycles. The number of carbonyl (C=O) groups is 2. The lowest BCUT2D eigenvalue weighted by atomic mass is 9.96. The molecule has 0 aliphatic carbocycles. The average Bonchev–Trinajstić information content (AvgIpc) is 3.28. The quantitative estimate of drug-likeness (QED) is 0.631. The molecule has 0 saturated carbocycles. The SMILES string of the molecule is O=C(Nc1ccccc1)C1CCN(C(=O)NCc2cnn(-c3ccc(Cl)cc3)c2)CC1. The predicted octanol–water partition coefficient (Wildman–Crippen LogP) is 4.09. The molecule has 3 amide bonds. The first-order chi connectivity index (χ1) is 15.1. The van der Waals surface area contributed by atoms with Crippen molar-refractivity contribution in [3.05, 3.63) is 77.6 Å². The van der Waals surface area contributed by atoms with Crippen molar-refractivity contribution in [2.45, 2.75) is 19.4 Å². The molecular formula is C23H24ClN5O2. The number of carbonyl (C=O) groups excluding carboxylic acids is 2. The van der Waals surface area contributed by atoms with Crippen LogP contribution in [0.5, 0.6) is 0 Å². The Hall–Kier alpha value is -3.32. The van der Waals surface area contributed by atoms with Crippen LogP contribution in [0.4, 0.5) is 10.5 Å². The summed E-state index contributed by atoms with van der Waals surface area (Å²) in [5, 5.41) is 10.9. The molecule has 1 saturated heterocycles. The minimum atomic E-state index is -0.124. The molecule has 0 atom stereocenters. The maximum atomic E-state index is 12.5. The minimum Gasteiger partial charge on any atom is -0.334 e. The number of likely N-dealkylation sites (tertiary alicyclic amines) is 1. The zero-order chi connectivity index (χ0) is 21.6. The predicted molar refractivity (Wildman–Crippen MR) is 120 cm³/mol. The van der Waals surface area contributed by atoms with E-state index in [1.54, 1.807) is 15.8 Å². The topological polar surface area (TPSA) is 79.3 Å². The molecule has 3 aromatic rings. The van der Waals surface area contributed by atoms with Crippen molar-refractivity contribution in [2.75, 3.05) is 18.4 Å². The molecule has 7 nitrogen and oxygen atoms in total. The monoisotopic (exact) mass is 437 g/mol. The largest absolute Gasteiger partial charge is 0.334 e. The second-order valence-electron chi connectivity index (χ2n) is 7.54. The Labute approximate surface area is 186 Å². The van der Waals surface area contributed by atoms with E-state index in [0.717, 1.165) is 16.9 Å². The fraction of sp³-hybridized carbons (Fsp3) is 0.261. The highest BCUT2D eigenvalue weighted by Crippen LogP contribution is 2.20. The van der Waals surface area contributed by atoms with Gasteiger partial charge in [-0.1, -0.05) is 29.8 Å². The Morgan fingerprint density at radius 3 is 2.45 bits per heavy atom. The van der Waals surface area contributed by atoms with Gasteiger partial charge in [-0.05, 0) is 49.2 Å². The Morgan fingerprint density at radius 2 is 1.74 bits per heavy atom. The van der Waals surface area contributed by atoms with Crippen molar-refractivity contribution in [1.82, 2.24) is 20.0 Å². The zero-order valence-electron chi connectivity index (χ0n) is 17.0. The average molecular weight is 438 g/mol. The highest BCUT2D eigenvalue weighted by atomic mass is 35.5. The molecule has 0 bridgehead atoms. The highest BCUT2D eigenvalue weighted by molar-refractivity contribution is 6.30. The van der Waals surface area contributed by atoms with Crippen molar-refractivity contribution >= 4 is 29.2 Å². The fourth-order valence-electron chi connectivity index (χ4n) is 3.59. The first-order valence-corrected chi connectivity index (χ1v) is 10.6. The molecule has 0 spiro atoms. The number of halogens is 1. The number of hydrogen-bond donors (Lipinski definition) is 2. The first-order valence-electron chi connectivity index (χ1n) is 10.3. The van der Waals surface area contributed by atoms with Crippen LogP contribution in [-0.4, -0.2) is 39.7 Å². The number of nitrogens with zero attached hydrogens (tertiary/aromatic N) is 3. The fourth-order valence-corrected chi connectivity index (χ4v) is 3.71. The lowest BCUT2D eigenvalue weighted by molar-refractivity contribution is -0.121. The van der Waals surface area contributed by atoms with E-state index in [9.17, 15) is 9.59 Å². The third kappa shape index (κ3) is 5.44. The Kier molecular flexibility index (Phi) is 6.52. The number of rotatable bonds is 5. The number of aromatic nitrogens is 2. The van der Waals surface area contributed by atoms with E-state index in [1.165, 1.54) is 0 Å². The number of anilines is 1. The summed E-state index contributed by atoms with van der Waals surface area (Å²) in [6.45, 7) is 1.51. The van der Waals surface area contributed by atoms with Gasteiger partial charge in [0.1, 0.15) is 0 Å². The van der Waals surface area contributed by atoms with Crippen LogP contribution in [0.3, 0.4) is 0 Å². The van der Waals surface area contributed by atoms with Crippen LogP contribution in [0, 0.1) is 5.92 Å². The summed E-state index contributed by atoms with van der Waals surface area (Å²) in [5.41, 5.74) is 2.60. The molecule has 0 unspecified atom stereocenters. The van der Waals surface area contributed by atoms with E-state index in [0.29, 0.717) is 37.5 Å². The number of para-hydroxylation sites is 1. The standard InChI is InChI=1S/C23H24ClN5O2/c24-19-6-8-21(9-7-19)29-16-17(15-26-29)14-25-23(31)28-12-10-18(11-13-28)22(30)27-20-4-2-1-3-5-20/h1-9,15-16,18H,10-14H2,(H,25,31)(H,27,30). The number of amides is 3. The Bertz CT molecular complexity index is 1030. The van der Waals surface area contributed by atoms with Gasteiger partial charge < -0.3 is 15.5 Å². The van der Waals surface area contributed by atoms with Crippen LogP contribution in [0.25, 0.3) is 5.69 Å². The smallest absolute Gasteiger partial charge is 0.317 e. The first kappa shape index (κ1) is 20.9. The van der Waals surface area contributed by atoms with Gasteiger partial charge in [-0.15, -0.1) is 0 Å². The molecule has 2 N–H and O–H groups in total. The van der Waals surface area contributed by atoms with Gasteiger partial charge in [0.25, 0.3) is 0 Å². The molecule has 31 heavy (non-hydrogen) atoms. The van der Waals surface area contributed by atoms with Gasteiger partial charge >= 0.3 is 6.03 Å². The molecular weight excluding hydrogens is 414 g/mol. The number of nitrogens with one attached hydrogen (secondary N) is 2. The normalized spacial score (nSPS) is 14.3. The summed E-state index contributed by atoms with van der Waals surface area (Å²) in [5.74, 6) is -0.0669. The van der Waals surface area contributed by atoms with Crippen molar-refractivity contribution < 1.29 is 9.59 Å². The van der Waals surface area contributed by atoms with Crippen LogP contribution >= 0.6 is 11.6 Å². The van der Waals surface area contributed by atoms with Gasteiger partial charge in [0, 0.05) is 48.0 Å². The van der Waals surface area contributed by atoms with Crippen molar-refractivity contribution in [3.63, 3.8) is 0 Å². The maximum absolute atomic E-state index is 12.5. The summed E-state index contributed by atoms with van der Waals surface area (Å²) in [6, 6.07) is 16.7. The second-order valence-corrected chi connectivity index (χ2v) is 7.98. The summed E-state index contributed by atoms with van der Waals surface area (Å²) in [7, 11) is 0. The third-order valence-corrected chi connectivity index (χ3v) is 5.62. The molecule has 160 valence electrons. The lowest BCUT2D eigenvalue weighted by Crippen LogP contribution is -2.45. The van der Waals surface area contributed by atoms with E-state index < -0.39 is 0 Å². The van der Waals surface area contributed by atoms with Crippen molar-refractivity contribution in [3.8, 4) is 5.69 Å². The molecule has 8 heteroatoms. The number of benzene rings is 2. The van der Waals surface area contributed by atoms with Crippen LogP contribution in [0.15, 0.2) is 67.0 Å². The van der Waals surface area contributed by atoms with Crippen LogP contribution < -0.4 is 10.6 Å². The minimum absolute atomic E-state index is 0.0147. The van der Waals surface area contributed by atoms with Crippen LogP contribution in [0.1, 0.15) is 18.4 Å². The molecule has 1 fully saturated rings. The summed E-state index contributed by atoms with van der Waals surface area (Å²) in [6.07, 6.45) is 4.92. The molecule has 2 aromatic carbocycles. The maximum Gasteiger partial charge on any atom is 0.317 e. The van der Waals surface area contributed by atoms with Gasteiger partial charge in [-0.25, -0.2) is 9.48 Å². The van der Waals surface area contributed by atoms with E-state index in [1.807, 2.05) is 60.8 Å². The zero-order valence-corrected chi connectivity index (χ0v) is 17.8. The summed E-state index contributed by atoms with van der Waals surface area (Å²) >= 11 is 5.92. The molecule has 1 aromatic heterocycles. The number of piperidine rings is 1. The van der Waals surface area contributed by atoms with E-state index in [2.05, 4.69) is 15.7 Å². The van der Waals surface area contributed by atoms with Gasteiger partial charge in [-0.3, -0.25) is 4.79 Å². The summed E-state index contributed by atoms with van der Waals surface area (Å²) < 4.78 is 1.74. The van der Waals surface area contributed by atoms with Gasteiger partial charge in [0.05, 0.1) is 11.9 Å². The van der Waals surface area contributed by atoms with Gasteiger partial charge in [0.15, 0.2) is 0 Å². The Morgan fingerprint density at radius 1 is 1.03 bits per heavy atom. The van der Waals surface area contributed by atoms with Gasteiger partial charge in [-0.2, -0.15) is 5.10 Å². The van der Waals surface area contributed by atoms with E-state index >= 15 is 0 Å². The van der Waals surface area contributed by atoms with E-state index in [-0.39, 0.29) is 17.9 Å². The second kappa shape index (κ2) is 9.66. The summed E-state index contributed by atoms with van der Waals surface area (Å²) in [4.78, 5) is 26.7. The highest BCUT2D eigenvalue weighted by Gasteiger charge is 2.27. The molecule has 2 heterocycles. The molecule has 1 aliphatic rings. The molecule has 4 rings (SSSR count). The van der Waals surface area contributed by atoms with Crippen molar-refractivity contribution in [1.29, 1.82) is 0 Å². The molecule has 0 radical (unpaired) electrons. The van der Waals surface area contributed by atoms with Gasteiger partial charge in [0.2, 0.25) is 5.91 Å².